The first-order valence-corrected chi connectivity index (χ1v) is 10.0. The molecule has 1 saturated carbocycles. The van der Waals surface area contributed by atoms with Crippen LogP contribution in [0, 0.1) is 5.82 Å². The van der Waals surface area contributed by atoms with E-state index in [1.165, 1.54) is 18.2 Å². The highest BCUT2D eigenvalue weighted by atomic mass is 19.3. The Hall–Kier alpha value is -3.16. The van der Waals surface area contributed by atoms with Gasteiger partial charge in [-0.3, -0.25) is 4.79 Å². The van der Waals surface area contributed by atoms with Gasteiger partial charge in [-0.25, -0.2) is 4.39 Å². The van der Waals surface area contributed by atoms with E-state index in [9.17, 15) is 18.0 Å². The molecule has 0 radical (unpaired) electrons. The molecule has 3 aromatic rings. The predicted molar refractivity (Wildman–Crippen MR) is 111 cm³/mol. The largest absolute Gasteiger partial charge is 0.586 e. The van der Waals surface area contributed by atoms with Crippen molar-refractivity contribution in [2.24, 2.45) is 0 Å². The van der Waals surface area contributed by atoms with Crippen molar-refractivity contribution in [2.75, 3.05) is 5.32 Å². The van der Waals surface area contributed by atoms with Crippen LogP contribution in [0.2, 0.25) is 0 Å². The lowest BCUT2D eigenvalue weighted by molar-refractivity contribution is -0.286. The zero-order chi connectivity index (χ0) is 22.2. The summed E-state index contributed by atoms with van der Waals surface area (Å²) >= 11 is 0. The highest BCUT2D eigenvalue weighted by Gasteiger charge is 2.52. The van der Waals surface area contributed by atoms with Crippen LogP contribution in [-0.4, -0.2) is 17.2 Å². The fourth-order valence-corrected chi connectivity index (χ4v) is 3.95. The normalized spacial score (nSPS) is 18.3. The quantitative estimate of drug-likeness (QED) is 0.546. The van der Waals surface area contributed by atoms with Gasteiger partial charge in [-0.15, -0.1) is 8.78 Å². The number of H-pyrrole nitrogens is 1. The summed E-state index contributed by atoms with van der Waals surface area (Å²) in [6.07, 6.45) is -2.61. The van der Waals surface area contributed by atoms with Crippen molar-refractivity contribution < 1.29 is 28.9 Å². The van der Waals surface area contributed by atoms with Crippen molar-refractivity contribution in [1.82, 2.24) is 4.98 Å². The van der Waals surface area contributed by atoms with Crippen molar-refractivity contribution in [3.63, 3.8) is 0 Å². The molecule has 2 aromatic carbocycles. The van der Waals surface area contributed by atoms with Gasteiger partial charge in [0.05, 0.1) is 10.9 Å². The van der Waals surface area contributed by atoms with E-state index in [0.29, 0.717) is 35.0 Å². The number of benzene rings is 2. The van der Waals surface area contributed by atoms with Crippen molar-refractivity contribution in [3.8, 4) is 11.5 Å². The molecule has 0 unspecified atom stereocenters. The molecule has 1 fully saturated rings. The molecule has 0 spiro atoms. The molecular weight excluding hydrogens is 409 g/mol. The van der Waals surface area contributed by atoms with Gasteiger partial charge >= 0.3 is 6.29 Å². The molecular formula is C23H23F3N2O3. The number of amides is 1. The number of rotatable bonds is 3. The van der Waals surface area contributed by atoms with Crippen LogP contribution in [0.5, 0.6) is 11.5 Å². The Morgan fingerprint density at radius 2 is 1.81 bits per heavy atom. The average Bonchev–Trinajstić information content (AvgIpc) is 3.24. The van der Waals surface area contributed by atoms with Crippen LogP contribution >= 0.6 is 0 Å². The minimum Gasteiger partial charge on any atom is -0.395 e. The third kappa shape index (κ3) is 3.30. The molecule has 1 aromatic heterocycles. The van der Waals surface area contributed by atoms with Gasteiger partial charge in [0.15, 0.2) is 11.5 Å². The Balaban J connectivity index is 0.00000245. The molecule has 1 amide bonds. The maximum atomic E-state index is 14.7. The molecule has 2 N–H and O–H groups in total. The molecule has 2 heterocycles. The number of ether oxygens (including phenoxy) is 2. The molecule has 0 bridgehead atoms. The second-order valence-electron chi connectivity index (χ2n) is 9.22. The van der Waals surface area contributed by atoms with Gasteiger partial charge in [0.25, 0.3) is 0 Å². The summed E-state index contributed by atoms with van der Waals surface area (Å²) in [5.41, 5.74) is 1.14. The van der Waals surface area contributed by atoms with E-state index in [1.807, 2.05) is 26.8 Å². The van der Waals surface area contributed by atoms with Crippen LogP contribution in [-0.2, 0) is 15.6 Å². The number of aromatic amines is 1. The number of hydrogen-bond donors (Lipinski definition) is 2. The maximum absolute atomic E-state index is 14.7. The van der Waals surface area contributed by atoms with Gasteiger partial charge in [0, 0.05) is 23.6 Å². The van der Waals surface area contributed by atoms with E-state index in [4.69, 9.17) is 0 Å². The summed E-state index contributed by atoms with van der Waals surface area (Å²) in [6, 6.07) is 9.24. The fourth-order valence-electron chi connectivity index (χ4n) is 3.95. The van der Waals surface area contributed by atoms with Crippen molar-refractivity contribution in [3.05, 3.63) is 53.5 Å². The number of alkyl halides is 2. The summed E-state index contributed by atoms with van der Waals surface area (Å²) in [5.74, 6) is -0.947. The number of carbonyl (C=O) groups excluding carboxylic acids is 1. The fraction of sp³-hybridized carbons (Fsp3) is 0.348. The van der Waals surface area contributed by atoms with Gasteiger partial charge in [-0.05, 0) is 48.7 Å². The van der Waals surface area contributed by atoms with Crippen LogP contribution in [0.15, 0.2) is 36.4 Å². The third-order valence-electron chi connectivity index (χ3n) is 5.88. The van der Waals surface area contributed by atoms with E-state index < -0.39 is 17.5 Å². The molecule has 1 aliphatic carbocycles. The van der Waals surface area contributed by atoms with E-state index in [0.717, 1.165) is 5.69 Å². The smallest absolute Gasteiger partial charge is 0.395 e. The van der Waals surface area contributed by atoms with Gasteiger partial charge in [-0.2, -0.15) is 0 Å². The van der Waals surface area contributed by atoms with Crippen LogP contribution < -0.4 is 14.8 Å². The zero-order valence-corrected chi connectivity index (χ0v) is 17.2. The molecule has 5 nitrogen and oxygen atoms in total. The number of nitrogens with one attached hydrogen (secondary N) is 2. The van der Waals surface area contributed by atoms with Crippen molar-refractivity contribution >= 4 is 22.5 Å². The van der Waals surface area contributed by atoms with E-state index in [-0.39, 0.29) is 24.2 Å². The van der Waals surface area contributed by atoms with Crippen LogP contribution in [0.3, 0.4) is 0 Å². The Kier molecular flexibility index (Phi) is 3.95. The summed E-state index contributed by atoms with van der Waals surface area (Å²) in [6.45, 7) is 6.07. The van der Waals surface area contributed by atoms with Crippen LogP contribution in [0.1, 0.15) is 46.3 Å². The highest BCUT2D eigenvalue weighted by Crippen LogP contribution is 2.52. The molecule has 31 heavy (non-hydrogen) atoms. The van der Waals surface area contributed by atoms with E-state index in [2.05, 4.69) is 19.8 Å². The van der Waals surface area contributed by atoms with E-state index in [1.54, 1.807) is 12.1 Å². The molecule has 164 valence electrons. The Labute approximate surface area is 178 Å². The van der Waals surface area contributed by atoms with Crippen molar-refractivity contribution in [1.29, 1.82) is 0 Å². The Bertz CT molecular complexity index is 1230. The molecule has 0 atom stereocenters. The minimum atomic E-state index is -3.71. The number of halogens is 3. The van der Waals surface area contributed by atoms with Gasteiger partial charge in [0.1, 0.15) is 5.82 Å². The summed E-state index contributed by atoms with van der Waals surface area (Å²) in [4.78, 5) is 16.2. The maximum Gasteiger partial charge on any atom is 0.586 e. The Morgan fingerprint density at radius 3 is 2.48 bits per heavy atom. The van der Waals surface area contributed by atoms with Crippen LogP contribution in [0.4, 0.5) is 18.9 Å². The molecule has 0 saturated heterocycles. The standard InChI is InChI=1S/C23H21F3N2O3.H2/c1-21(2,3)18-9-12-8-14(11-15(24)19(12)28-18)27-20(29)22(6-7-22)13-4-5-16-17(10-13)31-23(25,26)30-16;/h4-5,8-11,28H,6-7H2,1-3H3,(H,27,29);1H. The van der Waals surface area contributed by atoms with Gasteiger partial charge in [0.2, 0.25) is 5.91 Å². The lowest BCUT2D eigenvalue weighted by atomic mass is 9.92. The topological polar surface area (TPSA) is 63.4 Å². The number of carbonyl (C=O) groups is 1. The molecule has 5 rings (SSSR count). The second-order valence-corrected chi connectivity index (χ2v) is 9.22. The lowest BCUT2D eigenvalue weighted by Gasteiger charge is -2.16. The highest BCUT2D eigenvalue weighted by molar-refractivity contribution is 6.02. The van der Waals surface area contributed by atoms with Gasteiger partial charge < -0.3 is 19.8 Å². The minimum absolute atomic E-state index is 0. The number of aromatic nitrogens is 1. The second kappa shape index (κ2) is 6.18. The predicted octanol–water partition coefficient (Wildman–Crippen LogP) is 5.84. The summed E-state index contributed by atoms with van der Waals surface area (Å²) in [5, 5.41) is 3.46. The first-order valence-electron chi connectivity index (χ1n) is 10.0. The number of hydrogen-bond acceptors (Lipinski definition) is 3. The lowest BCUT2D eigenvalue weighted by Crippen LogP contribution is -2.28. The first-order chi connectivity index (χ1) is 14.5. The van der Waals surface area contributed by atoms with Crippen LogP contribution in [0.25, 0.3) is 10.9 Å². The van der Waals surface area contributed by atoms with Crippen molar-refractivity contribution in [2.45, 2.75) is 50.7 Å². The number of fused-ring (bicyclic) bond motifs is 2. The molecule has 1 aliphatic heterocycles. The van der Waals surface area contributed by atoms with E-state index >= 15 is 0 Å². The Morgan fingerprint density at radius 1 is 1.10 bits per heavy atom. The summed E-state index contributed by atoms with van der Waals surface area (Å²) in [7, 11) is 0. The SMILES string of the molecule is CC(C)(C)c1cc2cc(NC(=O)C3(c4ccc5c(c4)OC(F)(F)O5)CC3)cc(F)c2[nH]1.[HH]. The zero-order valence-electron chi connectivity index (χ0n) is 17.2. The average molecular weight is 432 g/mol. The summed E-state index contributed by atoms with van der Waals surface area (Å²) < 4.78 is 50.2. The monoisotopic (exact) mass is 432 g/mol. The first kappa shape index (κ1) is 19.8. The molecule has 8 heteroatoms. The number of anilines is 1. The third-order valence-corrected chi connectivity index (χ3v) is 5.88. The molecule has 2 aliphatic rings. The van der Waals surface area contributed by atoms with Gasteiger partial charge in [-0.1, -0.05) is 26.8 Å².